The second-order valence-corrected chi connectivity index (χ2v) is 10.4. The van der Waals surface area contributed by atoms with Gasteiger partial charge in [0.05, 0.1) is 5.56 Å². The first kappa shape index (κ1) is 20.2. The molecule has 2 aromatic heterocycles. The van der Waals surface area contributed by atoms with E-state index in [9.17, 15) is 0 Å². The molecule has 0 radical (unpaired) electrons. The maximum atomic E-state index is 6.85. The number of aromatic nitrogens is 1. The average Bonchev–Trinajstić information content (AvgIpc) is 3.27. The lowest BCUT2D eigenvalue weighted by Gasteiger charge is -2.21. The van der Waals surface area contributed by atoms with Crippen LogP contribution in [0.2, 0.25) is 0 Å². The van der Waals surface area contributed by atoms with Gasteiger partial charge in [0, 0.05) is 33.9 Å². The van der Waals surface area contributed by atoms with E-state index < -0.39 is 0 Å². The quantitative estimate of drug-likeness (QED) is 0.260. The van der Waals surface area contributed by atoms with Gasteiger partial charge < -0.3 is 4.42 Å². The van der Waals surface area contributed by atoms with Gasteiger partial charge in [0.2, 0.25) is 5.69 Å². The van der Waals surface area contributed by atoms with E-state index in [4.69, 9.17) is 4.42 Å². The van der Waals surface area contributed by atoms with Crippen molar-refractivity contribution >= 4 is 21.9 Å². The van der Waals surface area contributed by atoms with E-state index >= 15 is 0 Å². The molecule has 0 saturated heterocycles. The number of benzene rings is 3. The zero-order chi connectivity index (χ0) is 23.1. The van der Waals surface area contributed by atoms with Gasteiger partial charge in [0.15, 0.2) is 6.20 Å². The number of aryl methyl sites for hydroxylation is 2. The second kappa shape index (κ2) is 6.81. The van der Waals surface area contributed by atoms with Crippen LogP contribution in [0.1, 0.15) is 55.9 Å². The van der Waals surface area contributed by atoms with Crippen LogP contribution in [-0.2, 0) is 12.5 Å². The Morgan fingerprint density at radius 2 is 1.52 bits per heavy atom. The summed E-state index contributed by atoms with van der Waals surface area (Å²) in [6.07, 6.45) is 2.17. The van der Waals surface area contributed by atoms with E-state index in [2.05, 4.69) is 113 Å². The number of hydrogen-bond acceptors (Lipinski definition) is 1. The maximum Gasteiger partial charge on any atom is 0.216 e. The van der Waals surface area contributed by atoms with Gasteiger partial charge >= 0.3 is 0 Å². The largest absolute Gasteiger partial charge is 0.454 e. The summed E-state index contributed by atoms with van der Waals surface area (Å²) in [5.41, 5.74) is 12.2. The molecule has 164 valence electrons. The van der Waals surface area contributed by atoms with E-state index in [1.54, 1.807) is 0 Å². The average molecular weight is 433 g/mol. The molecule has 0 amide bonds. The van der Waals surface area contributed by atoms with Gasteiger partial charge in [-0.1, -0.05) is 76.2 Å². The summed E-state index contributed by atoms with van der Waals surface area (Å²) in [6.45, 7) is 11.3. The third kappa shape index (κ3) is 2.70. The lowest BCUT2D eigenvalue weighted by Crippen LogP contribution is -2.31. The highest BCUT2D eigenvalue weighted by Gasteiger charge is 2.37. The van der Waals surface area contributed by atoms with Gasteiger partial charge in [0.1, 0.15) is 18.2 Å². The first-order valence-corrected chi connectivity index (χ1v) is 11.9. The Bertz CT molecular complexity index is 1580. The Labute approximate surface area is 195 Å². The number of pyridine rings is 1. The zero-order valence-electron chi connectivity index (χ0n) is 20.3. The summed E-state index contributed by atoms with van der Waals surface area (Å²) in [5, 5.41) is 2.38. The Hall–Kier alpha value is -3.39. The monoisotopic (exact) mass is 432 g/mol. The molecule has 6 rings (SSSR count). The molecule has 0 N–H and O–H groups in total. The van der Waals surface area contributed by atoms with E-state index in [0.29, 0.717) is 5.92 Å². The smallest absolute Gasteiger partial charge is 0.216 e. The third-order valence-electron chi connectivity index (χ3n) is 7.66. The number of fused-ring (bicyclic) bond motifs is 7. The van der Waals surface area contributed by atoms with Gasteiger partial charge in [-0.2, -0.15) is 0 Å². The minimum atomic E-state index is -0.0319. The van der Waals surface area contributed by atoms with Crippen LogP contribution in [0.25, 0.3) is 44.3 Å². The molecule has 0 fully saturated rings. The van der Waals surface area contributed by atoms with Crippen molar-refractivity contribution in [2.45, 2.75) is 46.0 Å². The molecule has 1 aliphatic carbocycles. The summed E-state index contributed by atoms with van der Waals surface area (Å²) in [4.78, 5) is 0. The van der Waals surface area contributed by atoms with Crippen LogP contribution in [0, 0.1) is 6.92 Å². The summed E-state index contributed by atoms with van der Waals surface area (Å²) >= 11 is 0. The molecule has 0 atom stereocenters. The molecule has 0 spiro atoms. The fourth-order valence-electron chi connectivity index (χ4n) is 5.69. The Balaban J connectivity index is 1.72. The molecular formula is C31H30NO+. The zero-order valence-corrected chi connectivity index (χ0v) is 20.3. The molecule has 0 aliphatic heterocycles. The molecule has 33 heavy (non-hydrogen) atoms. The third-order valence-corrected chi connectivity index (χ3v) is 7.66. The number of rotatable bonds is 2. The topological polar surface area (TPSA) is 17.0 Å². The van der Waals surface area contributed by atoms with Crippen molar-refractivity contribution in [3.8, 4) is 22.4 Å². The highest BCUT2D eigenvalue weighted by molar-refractivity contribution is 6.14. The lowest BCUT2D eigenvalue weighted by atomic mass is 9.82. The molecule has 5 aromatic rings. The van der Waals surface area contributed by atoms with Crippen LogP contribution in [0.5, 0.6) is 0 Å². The molecule has 0 saturated carbocycles. The molecular weight excluding hydrogens is 402 g/mol. The van der Waals surface area contributed by atoms with Crippen LogP contribution >= 0.6 is 0 Å². The van der Waals surface area contributed by atoms with Gasteiger partial charge in [0.25, 0.3) is 0 Å². The van der Waals surface area contributed by atoms with E-state index in [1.807, 2.05) is 0 Å². The van der Waals surface area contributed by atoms with Gasteiger partial charge in [-0.05, 0) is 40.7 Å². The van der Waals surface area contributed by atoms with Crippen molar-refractivity contribution in [2.24, 2.45) is 7.05 Å². The predicted octanol–water partition coefficient (Wildman–Crippen LogP) is 7.82. The Morgan fingerprint density at radius 3 is 2.27 bits per heavy atom. The van der Waals surface area contributed by atoms with Crippen molar-refractivity contribution in [2.75, 3.05) is 0 Å². The summed E-state index contributed by atoms with van der Waals surface area (Å²) in [7, 11) is 2.12. The number of furan rings is 1. The predicted molar refractivity (Wildman–Crippen MR) is 137 cm³/mol. The van der Waals surface area contributed by atoms with Crippen LogP contribution in [0.4, 0.5) is 0 Å². The lowest BCUT2D eigenvalue weighted by molar-refractivity contribution is -0.660. The summed E-state index contributed by atoms with van der Waals surface area (Å²) in [5.74, 6) is 0.474. The van der Waals surface area contributed by atoms with E-state index in [1.165, 1.54) is 55.4 Å². The fraction of sp³-hybridized carbons (Fsp3) is 0.258. The highest BCUT2D eigenvalue weighted by Crippen LogP contribution is 2.52. The minimum absolute atomic E-state index is 0.0319. The molecule has 2 heteroatoms. The van der Waals surface area contributed by atoms with Gasteiger partial charge in [-0.3, -0.25) is 0 Å². The number of nitrogens with zero attached hydrogens (tertiary/aromatic N) is 1. The van der Waals surface area contributed by atoms with Crippen molar-refractivity contribution in [3.05, 3.63) is 89.1 Å². The first-order valence-electron chi connectivity index (χ1n) is 11.9. The van der Waals surface area contributed by atoms with Crippen LogP contribution in [-0.4, -0.2) is 0 Å². The fourth-order valence-corrected chi connectivity index (χ4v) is 5.69. The highest BCUT2D eigenvalue weighted by atomic mass is 16.3. The van der Waals surface area contributed by atoms with Gasteiger partial charge in [-0.15, -0.1) is 0 Å². The SMILES string of the molecule is Cc1ccc2c(oc3c4c(ccc32)C(C)(C)c2ccccc2-4)c1-c1cc(C(C)C)cc[n+]1C. The molecule has 3 aromatic carbocycles. The van der Waals surface area contributed by atoms with E-state index in [0.717, 1.165) is 11.2 Å². The first-order chi connectivity index (χ1) is 15.8. The van der Waals surface area contributed by atoms with Crippen molar-refractivity contribution in [1.82, 2.24) is 0 Å². The summed E-state index contributed by atoms with van der Waals surface area (Å²) < 4.78 is 9.07. The van der Waals surface area contributed by atoms with Crippen molar-refractivity contribution in [1.29, 1.82) is 0 Å². The van der Waals surface area contributed by atoms with Crippen molar-refractivity contribution in [3.63, 3.8) is 0 Å². The van der Waals surface area contributed by atoms with Gasteiger partial charge in [-0.25, -0.2) is 4.57 Å². The standard InChI is InChI=1S/C31H30NO/c1-18(2)20-15-16-32(6)26(17-20)27-19(3)11-12-21-22-13-14-25-28(30(22)33-29(21)27)23-9-7-8-10-24(23)31(25,4)5/h7-18H,1-6H3/q+1. The Morgan fingerprint density at radius 1 is 0.818 bits per heavy atom. The van der Waals surface area contributed by atoms with E-state index in [-0.39, 0.29) is 5.41 Å². The maximum absolute atomic E-state index is 6.85. The molecule has 0 unspecified atom stereocenters. The minimum Gasteiger partial charge on any atom is -0.454 e. The normalized spacial score (nSPS) is 14.3. The van der Waals surface area contributed by atoms with Crippen LogP contribution in [0.15, 0.2) is 71.3 Å². The Kier molecular flexibility index (Phi) is 4.17. The summed E-state index contributed by atoms with van der Waals surface area (Å²) in [6, 6.07) is 22.4. The molecule has 2 heterocycles. The van der Waals surface area contributed by atoms with Crippen LogP contribution in [0.3, 0.4) is 0 Å². The van der Waals surface area contributed by atoms with Crippen LogP contribution < -0.4 is 4.57 Å². The molecule has 0 bridgehead atoms. The number of hydrogen-bond donors (Lipinski definition) is 0. The second-order valence-electron chi connectivity index (χ2n) is 10.4. The molecule has 2 nitrogen and oxygen atoms in total. The van der Waals surface area contributed by atoms with Crippen molar-refractivity contribution < 1.29 is 8.98 Å². The molecule has 1 aliphatic rings.